The van der Waals surface area contributed by atoms with Crippen LogP contribution in [0.2, 0.25) is 0 Å². The number of carboxylic acids is 1. The van der Waals surface area contributed by atoms with Gasteiger partial charge in [0.25, 0.3) is 0 Å². The summed E-state index contributed by atoms with van der Waals surface area (Å²) in [7, 11) is 0. The first-order chi connectivity index (χ1) is 6.61. The fourth-order valence-electron chi connectivity index (χ4n) is 2.46. The van der Waals surface area contributed by atoms with E-state index < -0.39 is 5.97 Å². The number of dihydropyridines is 1. The molecule has 0 bridgehead atoms. The van der Waals surface area contributed by atoms with E-state index in [1.807, 2.05) is 6.92 Å². The van der Waals surface area contributed by atoms with E-state index in [0.29, 0.717) is 17.2 Å². The molecule has 0 saturated heterocycles. The second-order valence-electron chi connectivity index (χ2n) is 3.97. The molecule has 3 nitrogen and oxygen atoms in total. The number of fused-ring (bicyclic) bond motifs is 1. The van der Waals surface area contributed by atoms with Crippen molar-refractivity contribution < 1.29 is 89.2 Å². The summed E-state index contributed by atoms with van der Waals surface area (Å²) in [5.74, 6) is -0.791. The van der Waals surface area contributed by atoms with Crippen LogP contribution in [0, 0.1) is 12.3 Å². The van der Waals surface area contributed by atoms with E-state index in [1.165, 1.54) is 0 Å². The molecule has 1 aliphatic heterocycles. The molecule has 1 fully saturated rings. The molecule has 5 heteroatoms. The molecule has 1 heterocycles. The normalized spacial score (nSPS) is 27.5. The summed E-state index contributed by atoms with van der Waals surface area (Å²) in [6, 6.07) is 0.207. The smallest absolute Gasteiger partial charge is 0.545 e. The monoisotopic (exact) mass is 460 g/mol. The van der Waals surface area contributed by atoms with Gasteiger partial charge in [0.1, 0.15) is 0 Å². The first-order valence-electron chi connectivity index (χ1n) is 4.91. The third-order valence-corrected chi connectivity index (χ3v) is 3.16. The van der Waals surface area contributed by atoms with Gasteiger partial charge in [-0.1, -0.05) is 18.0 Å². The van der Waals surface area contributed by atoms with Crippen LogP contribution in [0.15, 0.2) is 16.1 Å². The zero-order valence-corrected chi connectivity index (χ0v) is 17.7. The second kappa shape index (κ2) is 7.08. The third kappa shape index (κ3) is 3.23. The van der Waals surface area contributed by atoms with Crippen LogP contribution in [0.3, 0.4) is 0 Å². The molecule has 1 aliphatic carbocycles. The Morgan fingerprint density at radius 1 is 1.50 bits per heavy atom. The molecule has 0 radical (unpaired) electrons. The number of aliphatic imine (C=N–C) groups is 1. The minimum absolute atomic E-state index is 0. The Balaban J connectivity index is 0.00000112. The standard InChI is InChI=1S/C11H14NO2.Rb.W/c1-6-8-4-3-5-9(8)12-7(2)10(6)11(13)14;;/h5,8-9H,3-4H2,1-2H3,(H,13,14);;/q-1;+1;/p-1. The molecule has 0 aromatic rings. The summed E-state index contributed by atoms with van der Waals surface area (Å²) in [5.41, 5.74) is 1.87. The van der Waals surface area contributed by atoms with E-state index in [0.717, 1.165) is 18.4 Å². The van der Waals surface area contributed by atoms with Crippen LogP contribution in [-0.4, -0.2) is 17.7 Å². The molecular formula is C11H13NO2RbW-. The van der Waals surface area contributed by atoms with Gasteiger partial charge in [0, 0.05) is 32.4 Å². The van der Waals surface area contributed by atoms with Gasteiger partial charge in [-0.3, -0.25) is 0 Å². The molecule has 0 aromatic carbocycles. The molecule has 2 rings (SSSR count). The summed E-state index contributed by atoms with van der Waals surface area (Å²) in [4.78, 5) is 15.3. The van der Waals surface area contributed by atoms with Crippen molar-refractivity contribution in [1.82, 2.24) is 0 Å². The van der Waals surface area contributed by atoms with Gasteiger partial charge in [-0.05, 0) is 19.8 Å². The number of hydrogen-bond acceptors (Lipinski definition) is 3. The molecule has 2 unspecified atom stereocenters. The zero-order chi connectivity index (χ0) is 10.3. The van der Waals surface area contributed by atoms with E-state index in [2.05, 4.69) is 11.4 Å². The molecule has 0 aromatic heterocycles. The molecular weight excluding hydrogens is 447 g/mol. The van der Waals surface area contributed by atoms with Crippen LogP contribution >= 0.6 is 0 Å². The van der Waals surface area contributed by atoms with Gasteiger partial charge in [-0.2, -0.15) is 6.42 Å². The van der Waals surface area contributed by atoms with Crippen molar-refractivity contribution in [1.29, 1.82) is 0 Å². The number of aliphatic carboxylic acids is 1. The summed E-state index contributed by atoms with van der Waals surface area (Å²) in [6.07, 6.45) is 4.22. The molecule has 16 heavy (non-hydrogen) atoms. The average Bonchev–Trinajstić information content (AvgIpc) is 2.50. The van der Waals surface area contributed by atoms with Gasteiger partial charge < -0.3 is 21.3 Å². The van der Waals surface area contributed by atoms with E-state index >= 15 is 0 Å². The number of rotatable bonds is 1. The van der Waals surface area contributed by atoms with Crippen LogP contribution < -0.4 is 63.3 Å². The fourth-order valence-corrected chi connectivity index (χ4v) is 2.46. The second-order valence-corrected chi connectivity index (χ2v) is 3.97. The van der Waals surface area contributed by atoms with E-state index in [1.54, 1.807) is 6.92 Å². The first-order valence-corrected chi connectivity index (χ1v) is 4.91. The number of hydrogen-bond donors (Lipinski definition) is 0. The largest absolute Gasteiger partial charge is 1.00 e. The summed E-state index contributed by atoms with van der Waals surface area (Å²) < 4.78 is 0. The van der Waals surface area contributed by atoms with Gasteiger partial charge in [-0.15, -0.1) is 0 Å². The summed E-state index contributed by atoms with van der Waals surface area (Å²) in [5, 5.41) is 10.9. The maximum Gasteiger partial charge on any atom is 1.00 e. The topological polar surface area (TPSA) is 52.5 Å². The number of nitrogens with zero attached hydrogens (tertiary/aromatic N) is 1. The predicted molar refractivity (Wildman–Crippen MR) is 51.6 cm³/mol. The van der Waals surface area contributed by atoms with Crippen LogP contribution in [0.1, 0.15) is 26.7 Å². The van der Waals surface area contributed by atoms with Crippen molar-refractivity contribution in [2.45, 2.75) is 32.7 Å². The SMILES string of the molecule is CC1=NC2[CH-]CCC2C(C)=C1C(=O)[O-].[Rb+].[W]. The Bertz CT molecular complexity index is 352. The van der Waals surface area contributed by atoms with Crippen molar-refractivity contribution in [2.75, 3.05) is 0 Å². The number of carbonyl (C=O) groups is 1. The number of carbonyl (C=O) groups excluding carboxylic acids is 1. The molecule has 0 spiro atoms. The summed E-state index contributed by atoms with van der Waals surface area (Å²) in [6.45, 7) is 3.64. The Morgan fingerprint density at radius 3 is 2.69 bits per heavy atom. The minimum Gasteiger partial charge on any atom is -0.545 e. The average molecular weight is 461 g/mol. The molecule has 0 amide bonds. The van der Waals surface area contributed by atoms with E-state index in [4.69, 9.17) is 0 Å². The number of carboxylic acid groups (broad SMARTS) is 1. The third-order valence-electron chi connectivity index (χ3n) is 3.16. The van der Waals surface area contributed by atoms with Gasteiger partial charge in [0.05, 0.1) is 5.97 Å². The zero-order valence-electron chi connectivity index (χ0n) is 9.82. The minimum atomic E-state index is -1.09. The summed E-state index contributed by atoms with van der Waals surface area (Å²) >= 11 is 0. The van der Waals surface area contributed by atoms with Crippen LogP contribution in [0.25, 0.3) is 0 Å². The van der Waals surface area contributed by atoms with E-state index in [9.17, 15) is 9.90 Å². The van der Waals surface area contributed by atoms with Crippen LogP contribution in [0.4, 0.5) is 0 Å². The maximum atomic E-state index is 10.9. The van der Waals surface area contributed by atoms with Crippen molar-refractivity contribution in [2.24, 2.45) is 10.9 Å². The predicted octanol–water partition coefficient (Wildman–Crippen LogP) is -2.49. The van der Waals surface area contributed by atoms with Crippen LogP contribution in [-0.2, 0) is 25.9 Å². The molecule has 82 valence electrons. The van der Waals surface area contributed by atoms with Crippen molar-refractivity contribution in [3.8, 4) is 0 Å². The van der Waals surface area contributed by atoms with Crippen LogP contribution in [0.5, 0.6) is 0 Å². The van der Waals surface area contributed by atoms with Gasteiger partial charge in [0.15, 0.2) is 0 Å². The quantitative estimate of drug-likeness (QED) is 0.407. The van der Waals surface area contributed by atoms with E-state index in [-0.39, 0.29) is 85.3 Å². The van der Waals surface area contributed by atoms with Crippen molar-refractivity contribution >= 4 is 11.7 Å². The molecule has 2 aliphatic rings. The fraction of sp³-hybridized carbons (Fsp3) is 0.545. The first kappa shape index (κ1) is 17.4. The van der Waals surface area contributed by atoms with Crippen molar-refractivity contribution in [3.05, 3.63) is 17.6 Å². The molecule has 2 atom stereocenters. The van der Waals surface area contributed by atoms with Crippen molar-refractivity contribution in [3.63, 3.8) is 0 Å². The Morgan fingerprint density at radius 2 is 2.12 bits per heavy atom. The van der Waals surface area contributed by atoms with Gasteiger partial charge >= 0.3 is 58.2 Å². The Kier molecular flexibility index (Phi) is 7.69. The van der Waals surface area contributed by atoms with Gasteiger partial charge in [-0.25, -0.2) is 0 Å². The maximum absolute atomic E-state index is 10.9. The molecule has 0 N–H and O–H groups in total. The Labute approximate surface area is 159 Å². The van der Waals surface area contributed by atoms with Gasteiger partial charge in [0.2, 0.25) is 0 Å². The molecule has 1 saturated carbocycles. The Hall–Kier alpha value is 1.37.